The van der Waals surface area contributed by atoms with Gasteiger partial charge in [0.05, 0.1) is 6.61 Å². The number of nitrogens with one attached hydrogen (secondary N) is 2. The predicted octanol–water partition coefficient (Wildman–Crippen LogP) is 0.399. The number of aromatic nitrogens is 1. The van der Waals surface area contributed by atoms with Crippen LogP contribution in [-0.2, 0) is 9.53 Å². The fraction of sp³-hybridized carbons (Fsp3) is 0.500. The Hall–Kier alpha value is -2.05. The van der Waals surface area contributed by atoms with Gasteiger partial charge in [-0.2, -0.15) is 4.98 Å². The number of ether oxygens (including phenoxy) is 1. The van der Waals surface area contributed by atoms with E-state index in [9.17, 15) is 9.59 Å². The van der Waals surface area contributed by atoms with Crippen molar-refractivity contribution in [1.82, 2.24) is 10.3 Å². The molecule has 0 saturated carbocycles. The highest BCUT2D eigenvalue weighted by molar-refractivity contribution is 5.87. The summed E-state index contributed by atoms with van der Waals surface area (Å²) >= 11 is 0. The fourth-order valence-electron chi connectivity index (χ4n) is 1.06. The topological polar surface area (TPSA) is 93.5 Å². The predicted molar refractivity (Wildman–Crippen MR) is 59.6 cm³/mol. The first kappa shape index (κ1) is 13.0. The summed E-state index contributed by atoms with van der Waals surface area (Å²) in [6.07, 6.45) is 1.51. The molecule has 1 heterocycles. The Kier molecular flexibility index (Phi) is 4.99. The molecule has 1 aromatic rings. The average Bonchev–Trinajstić information content (AvgIpc) is 2.78. The lowest BCUT2D eigenvalue weighted by Gasteiger charge is -2.00. The van der Waals surface area contributed by atoms with Crippen LogP contribution in [0.25, 0.3) is 0 Å². The second-order valence-corrected chi connectivity index (χ2v) is 3.11. The van der Waals surface area contributed by atoms with Crippen LogP contribution in [0.5, 0.6) is 0 Å². The Labute approximate surface area is 98.5 Å². The molecular weight excluding hydrogens is 226 g/mol. The van der Waals surface area contributed by atoms with Crippen LogP contribution in [0.4, 0.5) is 6.01 Å². The van der Waals surface area contributed by atoms with Crippen molar-refractivity contribution in [2.75, 3.05) is 25.5 Å². The first-order valence-electron chi connectivity index (χ1n) is 5.24. The van der Waals surface area contributed by atoms with E-state index in [1.165, 1.54) is 6.26 Å². The second-order valence-electron chi connectivity index (χ2n) is 3.11. The number of amides is 1. The number of oxazole rings is 1. The van der Waals surface area contributed by atoms with E-state index >= 15 is 0 Å². The molecule has 1 aromatic heterocycles. The van der Waals surface area contributed by atoms with Gasteiger partial charge in [0.25, 0.3) is 6.01 Å². The third-order valence-electron chi connectivity index (χ3n) is 1.90. The van der Waals surface area contributed by atoms with Gasteiger partial charge in [-0.1, -0.05) is 0 Å². The van der Waals surface area contributed by atoms with E-state index in [-0.39, 0.29) is 24.2 Å². The van der Waals surface area contributed by atoms with Crippen LogP contribution in [0.2, 0.25) is 0 Å². The lowest BCUT2D eigenvalue weighted by atomic mass is 10.4. The summed E-state index contributed by atoms with van der Waals surface area (Å²) in [5.41, 5.74) is 0.106. The quantitative estimate of drug-likeness (QED) is 0.700. The van der Waals surface area contributed by atoms with E-state index in [0.717, 1.165) is 0 Å². The zero-order valence-electron chi connectivity index (χ0n) is 9.78. The Bertz CT molecular complexity index is 389. The minimum Gasteiger partial charge on any atom is -0.461 e. The minimum absolute atomic E-state index is 0.0883. The van der Waals surface area contributed by atoms with Crippen molar-refractivity contribution >= 4 is 17.9 Å². The van der Waals surface area contributed by atoms with Crippen LogP contribution >= 0.6 is 0 Å². The fourth-order valence-corrected chi connectivity index (χ4v) is 1.06. The van der Waals surface area contributed by atoms with Crippen LogP contribution in [0.1, 0.15) is 23.8 Å². The maximum absolute atomic E-state index is 11.2. The molecule has 0 spiro atoms. The van der Waals surface area contributed by atoms with Gasteiger partial charge in [-0.25, -0.2) is 4.79 Å². The lowest BCUT2D eigenvalue weighted by Crippen LogP contribution is -2.20. The first-order valence-corrected chi connectivity index (χ1v) is 5.24. The van der Waals surface area contributed by atoms with Crippen LogP contribution in [0.15, 0.2) is 10.7 Å². The molecule has 0 saturated heterocycles. The monoisotopic (exact) mass is 241 g/mol. The standard InChI is InChI=1S/C10H15N3O4/c1-3-16-9(15)7-6-17-10(13-7)12-5-4-8(14)11-2/h6H,3-5H2,1-2H3,(H,11,14)(H,12,13). The third-order valence-corrected chi connectivity index (χ3v) is 1.90. The molecular formula is C10H15N3O4. The number of hydrogen-bond acceptors (Lipinski definition) is 6. The largest absolute Gasteiger partial charge is 0.461 e. The van der Waals surface area contributed by atoms with Gasteiger partial charge < -0.3 is 19.8 Å². The molecule has 0 radical (unpaired) electrons. The number of carbonyl (C=O) groups is 2. The summed E-state index contributed by atoms with van der Waals surface area (Å²) in [4.78, 5) is 26.0. The Morgan fingerprint density at radius 2 is 2.29 bits per heavy atom. The van der Waals surface area contributed by atoms with E-state index in [2.05, 4.69) is 15.6 Å². The molecule has 7 nitrogen and oxygen atoms in total. The van der Waals surface area contributed by atoms with Gasteiger partial charge in [-0.15, -0.1) is 0 Å². The number of rotatable bonds is 6. The summed E-state index contributed by atoms with van der Waals surface area (Å²) < 4.78 is 9.74. The summed E-state index contributed by atoms with van der Waals surface area (Å²) in [5.74, 6) is -0.620. The zero-order valence-corrected chi connectivity index (χ0v) is 9.78. The number of esters is 1. The van der Waals surface area contributed by atoms with Crippen molar-refractivity contribution < 1.29 is 18.7 Å². The third kappa shape index (κ3) is 4.13. The summed E-state index contributed by atoms with van der Waals surface area (Å²) in [7, 11) is 1.56. The molecule has 17 heavy (non-hydrogen) atoms. The molecule has 94 valence electrons. The number of anilines is 1. The molecule has 2 N–H and O–H groups in total. The van der Waals surface area contributed by atoms with Gasteiger partial charge in [0.15, 0.2) is 5.69 Å². The zero-order chi connectivity index (χ0) is 12.7. The molecule has 0 atom stereocenters. The second kappa shape index (κ2) is 6.51. The number of hydrogen-bond donors (Lipinski definition) is 2. The molecule has 0 fully saturated rings. The Balaban J connectivity index is 2.40. The SMILES string of the molecule is CCOC(=O)c1coc(NCCC(=O)NC)n1. The van der Waals surface area contributed by atoms with Crippen molar-refractivity contribution in [1.29, 1.82) is 0 Å². The summed E-state index contributed by atoms with van der Waals surface area (Å²) in [6.45, 7) is 2.37. The van der Waals surface area contributed by atoms with Crippen molar-refractivity contribution in [3.8, 4) is 0 Å². The van der Waals surface area contributed by atoms with Gasteiger partial charge in [0.2, 0.25) is 5.91 Å². The highest BCUT2D eigenvalue weighted by Crippen LogP contribution is 2.08. The van der Waals surface area contributed by atoms with Crippen molar-refractivity contribution in [3.63, 3.8) is 0 Å². The van der Waals surface area contributed by atoms with E-state index < -0.39 is 5.97 Å². The maximum Gasteiger partial charge on any atom is 0.360 e. The van der Waals surface area contributed by atoms with Crippen LogP contribution in [0.3, 0.4) is 0 Å². The average molecular weight is 241 g/mol. The highest BCUT2D eigenvalue weighted by atomic mass is 16.5. The van der Waals surface area contributed by atoms with E-state index in [0.29, 0.717) is 13.0 Å². The molecule has 0 bridgehead atoms. The van der Waals surface area contributed by atoms with Gasteiger partial charge in [-0.05, 0) is 6.92 Å². The Morgan fingerprint density at radius 3 is 2.94 bits per heavy atom. The van der Waals surface area contributed by atoms with Crippen molar-refractivity contribution in [2.45, 2.75) is 13.3 Å². The smallest absolute Gasteiger partial charge is 0.360 e. The minimum atomic E-state index is -0.532. The van der Waals surface area contributed by atoms with Crippen LogP contribution in [-0.4, -0.2) is 37.1 Å². The molecule has 7 heteroatoms. The van der Waals surface area contributed by atoms with Gasteiger partial charge in [0, 0.05) is 20.0 Å². The van der Waals surface area contributed by atoms with Crippen molar-refractivity contribution in [3.05, 3.63) is 12.0 Å². The van der Waals surface area contributed by atoms with E-state index in [4.69, 9.17) is 9.15 Å². The number of nitrogens with zero attached hydrogens (tertiary/aromatic N) is 1. The summed E-state index contributed by atoms with van der Waals surface area (Å²) in [5, 5.41) is 5.27. The Morgan fingerprint density at radius 1 is 1.53 bits per heavy atom. The molecule has 0 aliphatic rings. The molecule has 0 aromatic carbocycles. The normalized spacial score (nSPS) is 9.76. The summed E-state index contributed by atoms with van der Waals surface area (Å²) in [6, 6.07) is 0.192. The first-order chi connectivity index (χ1) is 8.17. The maximum atomic E-state index is 11.2. The number of carbonyl (C=O) groups excluding carboxylic acids is 2. The molecule has 0 aliphatic heterocycles. The van der Waals surface area contributed by atoms with Crippen LogP contribution in [0, 0.1) is 0 Å². The lowest BCUT2D eigenvalue weighted by molar-refractivity contribution is -0.120. The highest BCUT2D eigenvalue weighted by Gasteiger charge is 2.12. The molecule has 0 unspecified atom stereocenters. The van der Waals surface area contributed by atoms with E-state index in [1.807, 2.05) is 0 Å². The molecule has 1 amide bonds. The van der Waals surface area contributed by atoms with Crippen molar-refractivity contribution in [2.24, 2.45) is 0 Å². The van der Waals surface area contributed by atoms with E-state index in [1.54, 1.807) is 14.0 Å². The van der Waals surface area contributed by atoms with Crippen LogP contribution < -0.4 is 10.6 Å². The molecule has 1 rings (SSSR count). The van der Waals surface area contributed by atoms with Gasteiger partial charge >= 0.3 is 5.97 Å². The van der Waals surface area contributed by atoms with Gasteiger partial charge in [0.1, 0.15) is 6.26 Å². The molecule has 0 aliphatic carbocycles. The van der Waals surface area contributed by atoms with Gasteiger partial charge in [-0.3, -0.25) is 4.79 Å².